The van der Waals surface area contributed by atoms with Gasteiger partial charge < -0.3 is 19.9 Å². The van der Waals surface area contributed by atoms with Crippen LogP contribution in [0.25, 0.3) is 0 Å². The fourth-order valence-corrected chi connectivity index (χ4v) is 4.40. The van der Waals surface area contributed by atoms with Crippen LogP contribution in [-0.4, -0.2) is 59.1 Å². The second-order valence-corrected chi connectivity index (χ2v) is 8.67. The zero-order chi connectivity index (χ0) is 22.5. The van der Waals surface area contributed by atoms with E-state index in [0.29, 0.717) is 38.2 Å². The van der Waals surface area contributed by atoms with Crippen molar-refractivity contribution in [2.24, 2.45) is 0 Å². The summed E-state index contributed by atoms with van der Waals surface area (Å²) in [7, 11) is 0. The number of nitrogens with one attached hydrogen (secondary N) is 1. The van der Waals surface area contributed by atoms with Gasteiger partial charge in [-0.15, -0.1) is 0 Å². The van der Waals surface area contributed by atoms with Gasteiger partial charge in [0.2, 0.25) is 5.95 Å². The third kappa shape index (κ3) is 5.47. The number of hydrogen-bond donors (Lipinski definition) is 1. The van der Waals surface area contributed by atoms with E-state index in [0.717, 1.165) is 11.5 Å². The lowest BCUT2D eigenvalue weighted by molar-refractivity contribution is -0.138. The minimum atomic E-state index is -0.744. The van der Waals surface area contributed by atoms with E-state index >= 15 is 0 Å². The molecule has 1 saturated heterocycles. The average Bonchev–Trinajstić information content (AvgIpc) is 2.80. The van der Waals surface area contributed by atoms with Crippen LogP contribution < -0.4 is 15.0 Å². The first-order chi connectivity index (χ1) is 15.5. The van der Waals surface area contributed by atoms with E-state index in [1.165, 1.54) is 44.2 Å². The number of hydrogen-bond acceptors (Lipinski definition) is 6. The number of carbonyl (C=O) groups is 1. The number of halogens is 1. The Morgan fingerprint density at radius 3 is 2.56 bits per heavy atom. The first-order valence-corrected chi connectivity index (χ1v) is 11.6. The molecule has 2 aliphatic rings. The third-order valence-electron chi connectivity index (χ3n) is 6.18. The molecule has 1 atom stereocenters. The predicted octanol–water partition coefficient (Wildman–Crippen LogP) is 3.78. The van der Waals surface area contributed by atoms with Crippen molar-refractivity contribution in [1.82, 2.24) is 14.9 Å². The number of benzene rings is 1. The van der Waals surface area contributed by atoms with Crippen molar-refractivity contribution in [2.45, 2.75) is 58.1 Å². The minimum absolute atomic E-state index is 0.0986. The quantitative estimate of drug-likeness (QED) is 0.736. The second kappa shape index (κ2) is 10.1. The molecule has 0 radical (unpaired) electrons. The molecule has 2 heterocycles. The van der Waals surface area contributed by atoms with Gasteiger partial charge in [-0.1, -0.05) is 31.4 Å². The first kappa shape index (κ1) is 22.3. The molecule has 1 aromatic carbocycles. The van der Waals surface area contributed by atoms with Crippen LogP contribution in [0.4, 0.5) is 16.2 Å². The number of anilines is 2. The molecule has 32 heavy (non-hydrogen) atoms. The van der Waals surface area contributed by atoms with Crippen LogP contribution in [0.2, 0.25) is 0 Å². The smallest absolute Gasteiger partial charge is 0.263 e. The average molecular weight is 442 g/mol. The highest BCUT2D eigenvalue weighted by molar-refractivity contribution is 5.81. The van der Waals surface area contributed by atoms with Gasteiger partial charge in [0.15, 0.2) is 17.7 Å². The standard InChI is InChI=1S/C24H32FN5O2/c1-17-16-22(28-24(26-17)27-19-8-4-3-5-9-19)29-12-14-30(15-13-29)23(31)18(2)32-21-11-7-6-10-20(21)25/h6-7,10-11,16,18-19H,3-5,8-9,12-15H2,1-2H3,(H,26,27,28). The SMILES string of the molecule is Cc1cc(N2CCN(C(=O)C(C)Oc3ccccc3F)CC2)nc(NC2CCCCC2)n1. The van der Waals surface area contributed by atoms with E-state index in [1.807, 2.05) is 13.0 Å². The van der Waals surface area contributed by atoms with E-state index in [9.17, 15) is 9.18 Å². The maximum atomic E-state index is 13.8. The summed E-state index contributed by atoms with van der Waals surface area (Å²) in [5.74, 6) is 1.08. The van der Waals surface area contributed by atoms with Gasteiger partial charge >= 0.3 is 0 Å². The zero-order valence-electron chi connectivity index (χ0n) is 18.9. The molecular formula is C24H32FN5O2. The Kier molecular flexibility index (Phi) is 7.07. The Hall–Kier alpha value is -2.90. The maximum Gasteiger partial charge on any atom is 0.263 e. The molecule has 8 heteroatoms. The van der Waals surface area contributed by atoms with Crippen molar-refractivity contribution >= 4 is 17.7 Å². The fourth-order valence-electron chi connectivity index (χ4n) is 4.40. The lowest BCUT2D eigenvalue weighted by atomic mass is 9.96. The van der Waals surface area contributed by atoms with Crippen LogP contribution in [0.3, 0.4) is 0 Å². The van der Waals surface area contributed by atoms with E-state index in [1.54, 1.807) is 24.0 Å². The Labute approximate surface area is 189 Å². The summed E-state index contributed by atoms with van der Waals surface area (Å²) < 4.78 is 19.4. The molecule has 1 aromatic heterocycles. The molecule has 172 valence electrons. The van der Waals surface area contributed by atoms with Gasteiger partial charge in [0.1, 0.15) is 5.82 Å². The van der Waals surface area contributed by atoms with E-state index in [4.69, 9.17) is 9.72 Å². The van der Waals surface area contributed by atoms with Crippen LogP contribution in [0.1, 0.15) is 44.7 Å². The largest absolute Gasteiger partial charge is 0.478 e. The Morgan fingerprint density at radius 2 is 1.84 bits per heavy atom. The van der Waals surface area contributed by atoms with Crippen molar-refractivity contribution < 1.29 is 13.9 Å². The number of carbonyl (C=O) groups excluding carboxylic acids is 1. The zero-order valence-corrected chi connectivity index (χ0v) is 18.9. The summed E-state index contributed by atoms with van der Waals surface area (Å²) >= 11 is 0. The topological polar surface area (TPSA) is 70.6 Å². The number of para-hydroxylation sites is 1. The van der Waals surface area contributed by atoms with Crippen LogP contribution in [-0.2, 0) is 4.79 Å². The van der Waals surface area contributed by atoms with Gasteiger partial charge in [-0.2, -0.15) is 4.98 Å². The number of nitrogens with zero attached hydrogens (tertiary/aromatic N) is 4. The number of aromatic nitrogens is 2. The molecule has 1 amide bonds. The number of aryl methyl sites for hydroxylation is 1. The van der Waals surface area contributed by atoms with Crippen molar-refractivity contribution in [1.29, 1.82) is 0 Å². The predicted molar refractivity (Wildman–Crippen MR) is 123 cm³/mol. The highest BCUT2D eigenvalue weighted by Gasteiger charge is 2.27. The van der Waals surface area contributed by atoms with Gasteiger partial charge in [-0.3, -0.25) is 4.79 Å². The summed E-state index contributed by atoms with van der Waals surface area (Å²) in [6, 6.07) is 8.59. The summed E-state index contributed by atoms with van der Waals surface area (Å²) in [5.41, 5.74) is 0.929. The van der Waals surface area contributed by atoms with Crippen LogP contribution in [0.15, 0.2) is 30.3 Å². The fraction of sp³-hybridized carbons (Fsp3) is 0.542. The van der Waals surface area contributed by atoms with Crippen molar-refractivity contribution in [3.63, 3.8) is 0 Å². The Morgan fingerprint density at radius 1 is 1.12 bits per heavy atom. The lowest BCUT2D eigenvalue weighted by Crippen LogP contribution is -2.52. The normalized spacial score (nSPS) is 18.3. The molecule has 0 spiro atoms. The molecule has 1 unspecified atom stereocenters. The molecule has 1 N–H and O–H groups in total. The van der Waals surface area contributed by atoms with Gasteiger partial charge in [0, 0.05) is 44.0 Å². The van der Waals surface area contributed by atoms with Crippen molar-refractivity contribution in [3.8, 4) is 5.75 Å². The first-order valence-electron chi connectivity index (χ1n) is 11.6. The van der Waals surface area contributed by atoms with Crippen LogP contribution in [0.5, 0.6) is 5.75 Å². The molecular weight excluding hydrogens is 409 g/mol. The summed E-state index contributed by atoms with van der Waals surface area (Å²) in [6.07, 6.45) is 5.41. The van der Waals surface area contributed by atoms with E-state index in [-0.39, 0.29) is 11.7 Å². The van der Waals surface area contributed by atoms with Gasteiger partial charge in [-0.25, -0.2) is 9.37 Å². The monoisotopic (exact) mass is 441 g/mol. The molecule has 1 saturated carbocycles. The van der Waals surface area contributed by atoms with E-state index in [2.05, 4.69) is 15.2 Å². The molecule has 7 nitrogen and oxygen atoms in total. The summed E-state index contributed by atoms with van der Waals surface area (Å²) in [6.45, 7) is 6.14. The highest BCUT2D eigenvalue weighted by Crippen LogP contribution is 2.23. The number of rotatable bonds is 6. The molecule has 4 rings (SSSR count). The van der Waals surface area contributed by atoms with Crippen LogP contribution >= 0.6 is 0 Å². The molecule has 1 aliphatic heterocycles. The highest BCUT2D eigenvalue weighted by atomic mass is 19.1. The maximum absolute atomic E-state index is 13.8. The number of piperazine rings is 1. The minimum Gasteiger partial charge on any atom is -0.478 e. The van der Waals surface area contributed by atoms with Crippen molar-refractivity contribution in [3.05, 3.63) is 41.8 Å². The summed E-state index contributed by atoms with van der Waals surface area (Å²) in [5, 5.41) is 3.51. The third-order valence-corrected chi connectivity index (χ3v) is 6.18. The molecule has 1 aliphatic carbocycles. The Balaban J connectivity index is 1.34. The number of ether oxygens (including phenoxy) is 1. The molecule has 2 fully saturated rings. The van der Waals surface area contributed by atoms with Crippen molar-refractivity contribution in [2.75, 3.05) is 36.4 Å². The van der Waals surface area contributed by atoms with Gasteiger partial charge in [0.05, 0.1) is 0 Å². The summed E-state index contributed by atoms with van der Waals surface area (Å²) in [4.78, 5) is 26.1. The number of amides is 1. The van der Waals surface area contributed by atoms with Gasteiger partial charge in [0.25, 0.3) is 5.91 Å². The van der Waals surface area contributed by atoms with Crippen LogP contribution in [0, 0.1) is 12.7 Å². The van der Waals surface area contributed by atoms with Gasteiger partial charge in [-0.05, 0) is 38.8 Å². The van der Waals surface area contributed by atoms with E-state index < -0.39 is 11.9 Å². The second-order valence-electron chi connectivity index (χ2n) is 8.67. The molecule has 0 bridgehead atoms. The molecule has 2 aromatic rings. The lowest BCUT2D eigenvalue weighted by Gasteiger charge is -2.36. The Bertz CT molecular complexity index is 926.